The molecule has 116 valence electrons. The van der Waals surface area contributed by atoms with Crippen molar-refractivity contribution in [3.63, 3.8) is 0 Å². The minimum absolute atomic E-state index is 0.145. The van der Waals surface area contributed by atoms with Gasteiger partial charge in [0.1, 0.15) is 11.5 Å². The summed E-state index contributed by atoms with van der Waals surface area (Å²) in [5.41, 5.74) is 0.403. The van der Waals surface area contributed by atoms with Crippen LogP contribution in [0.1, 0.15) is 23.0 Å². The van der Waals surface area contributed by atoms with Crippen LogP contribution in [0.3, 0.4) is 0 Å². The van der Waals surface area contributed by atoms with E-state index in [2.05, 4.69) is 37.2 Å². The Hall–Kier alpha value is -1.60. The van der Waals surface area contributed by atoms with Gasteiger partial charge < -0.3 is 14.5 Å². The van der Waals surface area contributed by atoms with Crippen LogP contribution >= 0.6 is 31.9 Å². The molecule has 0 aliphatic heterocycles. The molecule has 0 saturated heterocycles. The van der Waals surface area contributed by atoms with Crippen molar-refractivity contribution in [1.82, 2.24) is 5.32 Å². The fourth-order valence-electron chi connectivity index (χ4n) is 1.76. The molecular weight excluding hydrogens is 418 g/mol. The van der Waals surface area contributed by atoms with Crippen molar-refractivity contribution in [3.8, 4) is 5.75 Å². The highest BCUT2D eigenvalue weighted by atomic mass is 79.9. The molecule has 0 aliphatic rings. The van der Waals surface area contributed by atoms with Crippen LogP contribution in [0.5, 0.6) is 5.75 Å². The van der Waals surface area contributed by atoms with Crippen LogP contribution < -0.4 is 10.1 Å². The number of ketones is 1. The average molecular weight is 431 g/mol. The summed E-state index contributed by atoms with van der Waals surface area (Å²) in [6, 6.07) is 6.92. The molecule has 0 spiro atoms. The number of rotatable bonds is 6. The van der Waals surface area contributed by atoms with E-state index in [9.17, 15) is 9.59 Å². The van der Waals surface area contributed by atoms with E-state index >= 15 is 0 Å². The van der Waals surface area contributed by atoms with Crippen LogP contribution in [0.25, 0.3) is 0 Å². The second-order valence-electron chi connectivity index (χ2n) is 4.47. The molecule has 1 aromatic heterocycles. The Labute approximate surface area is 144 Å². The smallest absolute Gasteiger partial charge is 0.258 e. The average Bonchev–Trinajstić information content (AvgIpc) is 2.96. The molecule has 0 atom stereocenters. The molecular formula is C15H13Br2NO4. The first-order chi connectivity index (χ1) is 10.5. The molecule has 0 fully saturated rings. The Morgan fingerprint density at radius 2 is 2.09 bits per heavy atom. The molecule has 5 nitrogen and oxygen atoms in total. The Morgan fingerprint density at radius 1 is 1.32 bits per heavy atom. The largest absolute Gasteiger partial charge is 0.482 e. The predicted molar refractivity (Wildman–Crippen MR) is 87.9 cm³/mol. The lowest BCUT2D eigenvalue weighted by molar-refractivity contribution is -0.123. The van der Waals surface area contributed by atoms with Crippen LogP contribution in [0.2, 0.25) is 0 Å². The Bertz CT molecular complexity index is 683. The normalized spacial score (nSPS) is 10.3. The first kappa shape index (κ1) is 16.8. The maximum Gasteiger partial charge on any atom is 0.258 e. The molecule has 2 rings (SSSR count). The maximum atomic E-state index is 11.8. The summed E-state index contributed by atoms with van der Waals surface area (Å²) in [6.45, 7) is 1.54. The first-order valence-electron chi connectivity index (χ1n) is 6.39. The van der Waals surface area contributed by atoms with E-state index in [1.54, 1.807) is 24.3 Å². The van der Waals surface area contributed by atoms with Gasteiger partial charge in [0.2, 0.25) is 0 Å². The minimum Gasteiger partial charge on any atom is -0.482 e. The molecule has 2 aromatic rings. The molecule has 7 heteroatoms. The lowest BCUT2D eigenvalue weighted by Crippen LogP contribution is -2.28. The number of benzene rings is 1. The Kier molecular flexibility index (Phi) is 5.79. The van der Waals surface area contributed by atoms with Crippen LogP contribution in [0.15, 0.2) is 43.9 Å². The van der Waals surface area contributed by atoms with Crippen molar-refractivity contribution in [3.05, 3.63) is 50.8 Å². The fraction of sp³-hybridized carbons (Fsp3) is 0.200. The number of carbonyl (C=O) groups is 2. The van der Waals surface area contributed by atoms with Crippen molar-refractivity contribution in [2.45, 2.75) is 13.5 Å². The third-order valence-electron chi connectivity index (χ3n) is 2.78. The van der Waals surface area contributed by atoms with Crippen LogP contribution in [-0.2, 0) is 11.3 Å². The first-order valence-corrected chi connectivity index (χ1v) is 7.98. The van der Waals surface area contributed by atoms with E-state index in [1.807, 2.05) is 0 Å². The van der Waals surface area contributed by atoms with Crippen molar-refractivity contribution < 1.29 is 18.7 Å². The van der Waals surface area contributed by atoms with E-state index in [-0.39, 0.29) is 24.8 Å². The summed E-state index contributed by atoms with van der Waals surface area (Å²) in [5.74, 6) is 0.556. The quantitative estimate of drug-likeness (QED) is 0.709. The number of amides is 1. The third kappa shape index (κ3) is 4.45. The highest BCUT2D eigenvalue weighted by Crippen LogP contribution is 2.33. The highest BCUT2D eigenvalue weighted by molar-refractivity contribution is 9.11. The van der Waals surface area contributed by atoms with Crippen molar-refractivity contribution in [2.75, 3.05) is 6.61 Å². The lowest BCUT2D eigenvalue weighted by Gasteiger charge is -2.12. The molecule has 0 bridgehead atoms. The number of nitrogens with one attached hydrogen (secondary N) is 1. The van der Waals surface area contributed by atoms with Gasteiger partial charge in [-0.05, 0) is 47.1 Å². The standard InChI is InChI=1S/C15H13Br2NO4/c1-9(19)12-5-10(16)6-13(17)15(12)22-8-14(20)18-7-11-3-2-4-21-11/h2-6H,7-8H2,1H3,(H,18,20). The topological polar surface area (TPSA) is 68.5 Å². The molecule has 22 heavy (non-hydrogen) atoms. The Morgan fingerprint density at radius 3 is 2.73 bits per heavy atom. The summed E-state index contributed by atoms with van der Waals surface area (Å²) in [6.07, 6.45) is 1.54. The van der Waals surface area contributed by atoms with Crippen molar-refractivity contribution in [2.24, 2.45) is 0 Å². The van der Waals surface area contributed by atoms with Gasteiger partial charge in [-0.3, -0.25) is 9.59 Å². The number of furan rings is 1. The fourth-order valence-corrected chi connectivity index (χ4v) is 3.10. The summed E-state index contributed by atoms with van der Waals surface area (Å²) >= 11 is 6.65. The summed E-state index contributed by atoms with van der Waals surface area (Å²) in [5, 5.41) is 2.67. The number of hydrogen-bond donors (Lipinski definition) is 1. The molecule has 1 aromatic carbocycles. The van der Waals surface area contributed by atoms with Gasteiger partial charge in [0.05, 0.1) is 22.8 Å². The molecule has 1 heterocycles. The number of ether oxygens (including phenoxy) is 1. The lowest BCUT2D eigenvalue weighted by atomic mass is 10.1. The minimum atomic E-state index is -0.305. The van der Waals surface area contributed by atoms with E-state index < -0.39 is 0 Å². The van der Waals surface area contributed by atoms with E-state index in [0.29, 0.717) is 21.5 Å². The third-order valence-corrected chi connectivity index (χ3v) is 3.82. The zero-order valence-corrected chi connectivity index (χ0v) is 14.9. The van der Waals surface area contributed by atoms with E-state index in [4.69, 9.17) is 9.15 Å². The molecule has 1 N–H and O–H groups in total. The second kappa shape index (κ2) is 7.60. The summed E-state index contributed by atoms with van der Waals surface area (Å²) in [7, 11) is 0. The van der Waals surface area contributed by atoms with Gasteiger partial charge in [0, 0.05) is 4.47 Å². The molecule has 0 radical (unpaired) electrons. The molecule has 0 unspecified atom stereocenters. The zero-order valence-electron chi connectivity index (χ0n) is 11.7. The van der Waals surface area contributed by atoms with Crippen LogP contribution in [-0.4, -0.2) is 18.3 Å². The van der Waals surface area contributed by atoms with Gasteiger partial charge in [-0.15, -0.1) is 0 Å². The zero-order chi connectivity index (χ0) is 16.1. The molecule has 1 amide bonds. The van der Waals surface area contributed by atoms with Crippen LogP contribution in [0, 0.1) is 0 Å². The van der Waals surface area contributed by atoms with Gasteiger partial charge >= 0.3 is 0 Å². The van der Waals surface area contributed by atoms with Gasteiger partial charge in [0.25, 0.3) is 5.91 Å². The highest BCUT2D eigenvalue weighted by Gasteiger charge is 2.15. The van der Waals surface area contributed by atoms with E-state index in [1.165, 1.54) is 13.2 Å². The van der Waals surface area contributed by atoms with Crippen LogP contribution in [0.4, 0.5) is 0 Å². The molecule has 0 aliphatic carbocycles. The Balaban J connectivity index is 1.99. The number of carbonyl (C=O) groups excluding carboxylic acids is 2. The second-order valence-corrected chi connectivity index (χ2v) is 6.24. The summed E-state index contributed by atoms with van der Waals surface area (Å²) < 4.78 is 12.0. The number of hydrogen-bond acceptors (Lipinski definition) is 4. The monoisotopic (exact) mass is 429 g/mol. The van der Waals surface area contributed by atoms with Gasteiger partial charge in [-0.1, -0.05) is 15.9 Å². The predicted octanol–water partition coefficient (Wildman–Crippen LogP) is 3.70. The van der Waals surface area contributed by atoms with Crippen molar-refractivity contribution in [1.29, 1.82) is 0 Å². The SMILES string of the molecule is CC(=O)c1cc(Br)cc(Br)c1OCC(=O)NCc1ccco1. The van der Waals surface area contributed by atoms with E-state index in [0.717, 1.165) is 4.47 Å². The van der Waals surface area contributed by atoms with Gasteiger partial charge in [0.15, 0.2) is 12.4 Å². The maximum absolute atomic E-state index is 11.8. The van der Waals surface area contributed by atoms with Crippen molar-refractivity contribution >= 4 is 43.6 Å². The van der Waals surface area contributed by atoms with Gasteiger partial charge in [-0.25, -0.2) is 0 Å². The number of halogens is 2. The molecule has 0 saturated carbocycles. The van der Waals surface area contributed by atoms with Gasteiger partial charge in [-0.2, -0.15) is 0 Å². The summed E-state index contributed by atoms with van der Waals surface area (Å²) in [4.78, 5) is 23.4. The number of Topliss-reactive ketones (excluding diaryl/α,β-unsaturated/α-hetero) is 1.